The first kappa shape index (κ1) is 28.5. The fraction of sp³-hybridized carbons (Fsp3) is 0.214. The first-order chi connectivity index (χ1) is 21.6. The van der Waals surface area contributed by atoms with Crippen LogP contribution in [0.4, 0.5) is 0 Å². The van der Waals surface area contributed by atoms with Gasteiger partial charge in [-0.05, 0) is 87.6 Å². The lowest BCUT2D eigenvalue weighted by atomic mass is 9.81. The summed E-state index contributed by atoms with van der Waals surface area (Å²) >= 11 is 0. The van der Waals surface area contributed by atoms with Gasteiger partial charge >= 0.3 is 0 Å². The first-order valence-electron chi connectivity index (χ1n) is 16.3. The summed E-state index contributed by atoms with van der Waals surface area (Å²) in [4.78, 5) is 0. The highest BCUT2D eigenvalue weighted by Crippen LogP contribution is 2.37. The molecule has 0 aliphatic heterocycles. The van der Waals surface area contributed by atoms with E-state index < -0.39 is 8.07 Å². The van der Waals surface area contributed by atoms with Gasteiger partial charge in [0, 0.05) is 6.07 Å². The molecule has 1 aliphatic rings. The molecule has 44 heavy (non-hydrogen) atoms. The molecule has 0 spiro atoms. The Labute approximate surface area is 263 Å². The molecule has 0 radical (unpaired) electrons. The number of hydrogen-bond acceptors (Lipinski definition) is 0. The van der Waals surface area contributed by atoms with Crippen LogP contribution in [0, 0.1) is 13.8 Å². The zero-order valence-electron chi connectivity index (χ0n) is 26.3. The summed E-state index contributed by atoms with van der Waals surface area (Å²) in [6, 6.07) is 48.3. The largest absolute Gasteiger partial charge is 0.220 e. The van der Waals surface area contributed by atoms with Gasteiger partial charge in [0.25, 0.3) is 0 Å². The zero-order valence-corrected chi connectivity index (χ0v) is 27.3. The van der Waals surface area contributed by atoms with Gasteiger partial charge in [0.1, 0.15) is 7.05 Å². The third-order valence-electron chi connectivity index (χ3n) is 10.2. The molecule has 6 aromatic rings. The smallest absolute Gasteiger partial charge is 0.200 e. The maximum Gasteiger partial charge on any atom is 0.220 e. The Morgan fingerprint density at radius 1 is 0.591 bits per heavy atom. The molecule has 1 saturated carbocycles. The zero-order chi connectivity index (χ0) is 30.1. The summed E-state index contributed by atoms with van der Waals surface area (Å²) in [6.07, 6.45) is 8.99. The molecule has 0 amide bonds. The lowest BCUT2D eigenvalue weighted by Crippen LogP contribution is -2.74. The Balaban J connectivity index is 1.48. The molecule has 0 unspecified atom stereocenters. The summed E-state index contributed by atoms with van der Waals surface area (Å²) in [7, 11) is -0.376. The van der Waals surface area contributed by atoms with Crippen LogP contribution in [0.25, 0.3) is 22.0 Å². The molecule has 0 saturated heterocycles. The Kier molecular flexibility index (Phi) is 7.78. The number of aromatic nitrogens is 1. The van der Waals surface area contributed by atoms with Gasteiger partial charge < -0.3 is 0 Å². The third-order valence-corrected chi connectivity index (χ3v) is 15.0. The molecule has 2 heteroatoms. The second-order valence-corrected chi connectivity index (χ2v) is 16.6. The van der Waals surface area contributed by atoms with E-state index in [9.17, 15) is 0 Å². The van der Waals surface area contributed by atoms with Crippen LogP contribution < -0.4 is 25.3 Å². The minimum Gasteiger partial charge on any atom is -0.200 e. The van der Waals surface area contributed by atoms with Crippen LogP contribution in [0.5, 0.6) is 0 Å². The topological polar surface area (TPSA) is 3.88 Å². The Bertz CT molecular complexity index is 1810. The van der Waals surface area contributed by atoms with Crippen molar-refractivity contribution in [3.8, 4) is 11.3 Å². The first-order valence-corrected chi connectivity index (χ1v) is 18.3. The lowest BCUT2D eigenvalue weighted by Gasteiger charge is -2.34. The number of rotatable bonds is 6. The van der Waals surface area contributed by atoms with Crippen LogP contribution in [0.1, 0.15) is 54.7 Å². The highest BCUT2D eigenvalue weighted by Gasteiger charge is 2.41. The molecule has 1 aromatic heterocycles. The molecule has 0 N–H and O–H groups in total. The normalized spacial score (nSPS) is 14.2. The SMILES string of the molecule is Cc1cc(C2CCCCC2)cc(-c2c3ccc([Si](c4ccccc4)(c4ccccc4)c4ccccc4)cc3cc[n+]2C)c1C. The van der Waals surface area contributed by atoms with Crippen LogP contribution in [-0.2, 0) is 7.05 Å². The maximum absolute atomic E-state index is 2.59. The van der Waals surface area contributed by atoms with Crippen molar-refractivity contribution in [2.24, 2.45) is 7.05 Å². The number of fused-ring (bicyclic) bond motifs is 1. The van der Waals surface area contributed by atoms with Crippen molar-refractivity contribution >= 4 is 39.6 Å². The lowest BCUT2D eigenvalue weighted by molar-refractivity contribution is -0.659. The Morgan fingerprint density at radius 2 is 1.16 bits per heavy atom. The highest BCUT2D eigenvalue weighted by atomic mass is 28.3. The van der Waals surface area contributed by atoms with E-state index in [-0.39, 0.29) is 0 Å². The number of hydrogen-bond donors (Lipinski definition) is 0. The predicted molar refractivity (Wildman–Crippen MR) is 189 cm³/mol. The Morgan fingerprint density at radius 3 is 1.73 bits per heavy atom. The molecule has 1 heterocycles. The number of benzene rings is 5. The highest BCUT2D eigenvalue weighted by molar-refractivity contribution is 7.20. The predicted octanol–water partition coefficient (Wildman–Crippen LogP) is 7.37. The van der Waals surface area contributed by atoms with Crippen LogP contribution >= 0.6 is 0 Å². The van der Waals surface area contributed by atoms with Crippen molar-refractivity contribution in [1.29, 1.82) is 0 Å². The van der Waals surface area contributed by atoms with Gasteiger partial charge in [0.2, 0.25) is 5.69 Å². The molecule has 0 bridgehead atoms. The van der Waals surface area contributed by atoms with E-state index in [1.807, 2.05) is 0 Å². The van der Waals surface area contributed by atoms with Crippen molar-refractivity contribution in [1.82, 2.24) is 0 Å². The molecule has 7 rings (SSSR count). The fourth-order valence-corrected chi connectivity index (χ4v) is 12.6. The van der Waals surface area contributed by atoms with Crippen molar-refractivity contribution in [2.75, 3.05) is 0 Å². The van der Waals surface area contributed by atoms with Crippen molar-refractivity contribution in [2.45, 2.75) is 51.9 Å². The standard InChI is InChI=1S/C42H42NSi/c1-31-28-35(33-16-8-4-9-17-33)30-41(32(31)2)42-40-25-24-39(29-34(40)26-27-43(42)3)44(36-18-10-5-11-19-36,37-20-12-6-13-21-37)38-22-14-7-15-23-38/h5-7,10-15,18-30,33H,4,8-9,16-17H2,1-3H3/q+1. The average Bonchev–Trinajstić information content (AvgIpc) is 3.08. The van der Waals surface area contributed by atoms with E-state index in [2.05, 4.69) is 159 Å². The van der Waals surface area contributed by atoms with Crippen LogP contribution in [0.15, 0.2) is 134 Å². The molecule has 1 aliphatic carbocycles. The van der Waals surface area contributed by atoms with E-state index in [0.717, 1.165) is 0 Å². The fourth-order valence-electron chi connectivity index (χ4n) is 7.81. The van der Waals surface area contributed by atoms with E-state index in [0.29, 0.717) is 5.92 Å². The monoisotopic (exact) mass is 588 g/mol. The van der Waals surface area contributed by atoms with E-state index >= 15 is 0 Å². The van der Waals surface area contributed by atoms with E-state index in [1.54, 1.807) is 0 Å². The third kappa shape index (κ3) is 4.92. The minimum atomic E-state index is -2.59. The van der Waals surface area contributed by atoms with Crippen LogP contribution in [-0.4, -0.2) is 8.07 Å². The van der Waals surface area contributed by atoms with Crippen molar-refractivity contribution in [3.05, 3.63) is 150 Å². The van der Waals surface area contributed by atoms with Gasteiger partial charge in [0.15, 0.2) is 14.3 Å². The number of aryl methyl sites for hydroxylation is 2. The maximum atomic E-state index is 2.53. The molecule has 5 aromatic carbocycles. The summed E-state index contributed by atoms with van der Waals surface area (Å²) < 4.78 is 2.34. The summed E-state index contributed by atoms with van der Waals surface area (Å²) in [5.74, 6) is 0.683. The molecular weight excluding hydrogens is 547 g/mol. The Hall–Kier alpha value is -4.27. The summed E-state index contributed by atoms with van der Waals surface area (Å²) in [5, 5.41) is 8.26. The molecule has 218 valence electrons. The average molecular weight is 589 g/mol. The summed E-state index contributed by atoms with van der Waals surface area (Å²) in [6.45, 7) is 4.61. The number of nitrogens with zero attached hydrogens (tertiary/aromatic N) is 1. The van der Waals surface area contributed by atoms with Crippen molar-refractivity contribution in [3.63, 3.8) is 0 Å². The van der Waals surface area contributed by atoms with Gasteiger partial charge in [-0.1, -0.05) is 128 Å². The van der Waals surface area contributed by atoms with Crippen LogP contribution in [0.3, 0.4) is 0 Å². The van der Waals surface area contributed by atoms with Gasteiger partial charge in [-0.2, -0.15) is 0 Å². The minimum absolute atomic E-state index is 0.683. The van der Waals surface area contributed by atoms with Gasteiger partial charge in [-0.25, -0.2) is 4.57 Å². The second-order valence-electron chi connectivity index (χ2n) is 12.8. The molecule has 1 nitrogen and oxygen atoms in total. The van der Waals surface area contributed by atoms with E-state index in [4.69, 9.17) is 0 Å². The summed E-state index contributed by atoms with van der Waals surface area (Å²) in [5.41, 5.74) is 7.02. The van der Waals surface area contributed by atoms with Crippen molar-refractivity contribution < 1.29 is 4.57 Å². The van der Waals surface area contributed by atoms with Gasteiger partial charge in [0.05, 0.1) is 10.9 Å². The van der Waals surface area contributed by atoms with E-state index in [1.165, 1.54) is 91.6 Å². The second kappa shape index (κ2) is 12.0. The molecular formula is C42H42NSi+. The molecule has 0 atom stereocenters. The van der Waals surface area contributed by atoms with Crippen LogP contribution in [0.2, 0.25) is 0 Å². The quantitative estimate of drug-likeness (QED) is 0.109. The molecule has 1 fully saturated rings. The van der Waals surface area contributed by atoms with Gasteiger partial charge in [-0.3, -0.25) is 0 Å². The van der Waals surface area contributed by atoms with Gasteiger partial charge in [-0.15, -0.1) is 0 Å². The number of pyridine rings is 1.